The van der Waals surface area contributed by atoms with Gasteiger partial charge < -0.3 is 14.5 Å². The Kier molecular flexibility index (Phi) is 5.07. The number of ether oxygens (including phenoxy) is 1. The van der Waals surface area contributed by atoms with Gasteiger partial charge in [-0.1, -0.05) is 48.5 Å². The summed E-state index contributed by atoms with van der Waals surface area (Å²) in [5.41, 5.74) is 2.22. The molecule has 0 radical (unpaired) electrons. The average Bonchev–Trinajstić information content (AvgIpc) is 3.31. The first-order chi connectivity index (χ1) is 14.2. The summed E-state index contributed by atoms with van der Waals surface area (Å²) < 4.78 is 10.3. The fourth-order valence-electron chi connectivity index (χ4n) is 3.16. The molecule has 0 aliphatic rings. The van der Waals surface area contributed by atoms with Crippen LogP contribution in [0.1, 0.15) is 22.0 Å². The maximum Gasteiger partial charge on any atom is 0.333 e. The highest BCUT2D eigenvalue weighted by atomic mass is 16.5. The van der Waals surface area contributed by atoms with Gasteiger partial charge in [0.2, 0.25) is 0 Å². The Balaban J connectivity index is 1.77. The van der Waals surface area contributed by atoms with Crippen LogP contribution >= 0.6 is 0 Å². The Bertz CT molecular complexity index is 1150. The second kappa shape index (κ2) is 7.98. The van der Waals surface area contributed by atoms with Crippen molar-refractivity contribution in [1.82, 2.24) is 10.3 Å². The number of amides is 1. The van der Waals surface area contributed by atoms with Crippen molar-refractivity contribution in [2.24, 2.45) is 0 Å². The third-order valence-corrected chi connectivity index (χ3v) is 4.58. The van der Waals surface area contributed by atoms with Gasteiger partial charge in [0.25, 0.3) is 5.91 Å². The zero-order chi connectivity index (χ0) is 20.2. The topological polar surface area (TPSA) is 81.4 Å². The number of nitrogens with zero attached hydrogens (tertiary/aromatic N) is 1. The number of para-hydroxylation sites is 1. The molecular formula is C23H18N2O4. The number of rotatable bonds is 5. The average molecular weight is 386 g/mol. The van der Waals surface area contributed by atoms with E-state index in [4.69, 9.17) is 9.15 Å². The van der Waals surface area contributed by atoms with Crippen molar-refractivity contribution in [3.8, 4) is 11.5 Å². The summed E-state index contributed by atoms with van der Waals surface area (Å²) in [5.74, 6) is -0.401. The normalized spacial score (nSPS) is 11.8. The maximum atomic E-state index is 13.2. The molecule has 0 fully saturated rings. The Morgan fingerprint density at radius 1 is 1.00 bits per heavy atom. The molecule has 2 aromatic carbocycles. The molecule has 2 heterocycles. The number of hydrogen-bond donors (Lipinski definition) is 1. The first-order valence-corrected chi connectivity index (χ1v) is 9.04. The van der Waals surface area contributed by atoms with Crippen LogP contribution in [0.25, 0.3) is 22.4 Å². The van der Waals surface area contributed by atoms with Crippen LogP contribution < -0.4 is 5.32 Å². The van der Waals surface area contributed by atoms with Crippen molar-refractivity contribution in [3.05, 3.63) is 90.2 Å². The molecule has 6 nitrogen and oxygen atoms in total. The van der Waals surface area contributed by atoms with Gasteiger partial charge in [0.1, 0.15) is 5.69 Å². The van der Waals surface area contributed by atoms with Gasteiger partial charge >= 0.3 is 5.97 Å². The van der Waals surface area contributed by atoms with E-state index in [1.165, 1.54) is 7.11 Å². The van der Waals surface area contributed by atoms with Gasteiger partial charge in [0.05, 0.1) is 24.5 Å². The molecule has 29 heavy (non-hydrogen) atoms. The van der Waals surface area contributed by atoms with E-state index in [1.807, 2.05) is 30.3 Å². The van der Waals surface area contributed by atoms with Gasteiger partial charge in [0.15, 0.2) is 11.8 Å². The van der Waals surface area contributed by atoms with E-state index in [0.717, 1.165) is 0 Å². The molecule has 0 unspecified atom stereocenters. The number of methoxy groups -OCH3 is 1. The van der Waals surface area contributed by atoms with Crippen LogP contribution in [-0.4, -0.2) is 24.0 Å². The molecule has 0 saturated carbocycles. The van der Waals surface area contributed by atoms with Crippen LogP contribution in [-0.2, 0) is 9.53 Å². The van der Waals surface area contributed by atoms with E-state index in [1.54, 1.807) is 48.7 Å². The van der Waals surface area contributed by atoms with E-state index in [-0.39, 0.29) is 0 Å². The summed E-state index contributed by atoms with van der Waals surface area (Å²) in [5, 5.41) is 3.47. The van der Waals surface area contributed by atoms with E-state index in [9.17, 15) is 9.59 Å². The molecule has 6 heteroatoms. The SMILES string of the molecule is COC(=O)[C@H](NC(=O)c1cc(-c2ccco2)nc2ccccc12)c1ccccc1. The monoisotopic (exact) mass is 386 g/mol. The number of carbonyl (C=O) groups is 2. The van der Waals surface area contributed by atoms with Crippen molar-refractivity contribution in [1.29, 1.82) is 0 Å². The number of carbonyl (C=O) groups excluding carboxylic acids is 2. The second-order valence-electron chi connectivity index (χ2n) is 6.39. The summed E-state index contributed by atoms with van der Waals surface area (Å²) in [6.45, 7) is 0. The first-order valence-electron chi connectivity index (χ1n) is 9.04. The minimum Gasteiger partial charge on any atom is -0.467 e. The number of furan rings is 1. The Morgan fingerprint density at radius 2 is 1.76 bits per heavy atom. The van der Waals surface area contributed by atoms with Crippen LogP contribution in [0, 0.1) is 0 Å². The van der Waals surface area contributed by atoms with Crippen molar-refractivity contribution >= 4 is 22.8 Å². The number of esters is 1. The second-order valence-corrected chi connectivity index (χ2v) is 6.39. The molecule has 144 valence electrons. The Labute approximate surface area is 167 Å². The van der Waals surface area contributed by atoms with Crippen LogP contribution in [0.4, 0.5) is 0 Å². The summed E-state index contributed by atoms with van der Waals surface area (Å²) in [6.07, 6.45) is 1.55. The smallest absolute Gasteiger partial charge is 0.333 e. The zero-order valence-corrected chi connectivity index (χ0v) is 15.7. The predicted octanol–water partition coefficient (Wildman–Crippen LogP) is 4.14. The summed E-state index contributed by atoms with van der Waals surface area (Å²) >= 11 is 0. The molecule has 0 aliphatic carbocycles. The minimum atomic E-state index is -0.923. The van der Waals surface area contributed by atoms with E-state index in [0.29, 0.717) is 33.5 Å². The number of benzene rings is 2. The first kappa shape index (κ1) is 18.4. The molecule has 0 bridgehead atoms. The molecule has 4 rings (SSSR count). The Morgan fingerprint density at radius 3 is 2.48 bits per heavy atom. The number of pyridine rings is 1. The number of hydrogen-bond acceptors (Lipinski definition) is 5. The number of nitrogens with one attached hydrogen (secondary N) is 1. The Hall–Kier alpha value is -3.93. The van der Waals surface area contributed by atoms with Gasteiger partial charge in [-0.05, 0) is 29.8 Å². The fourth-order valence-corrected chi connectivity index (χ4v) is 3.16. The van der Waals surface area contributed by atoms with Crippen molar-refractivity contribution < 1.29 is 18.7 Å². The summed E-state index contributed by atoms with van der Waals surface area (Å²) in [7, 11) is 1.29. The zero-order valence-electron chi connectivity index (χ0n) is 15.7. The van der Waals surface area contributed by atoms with Crippen LogP contribution in [0.3, 0.4) is 0 Å². The molecule has 1 amide bonds. The van der Waals surface area contributed by atoms with Crippen molar-refractivity contribution in [2.45, 2.75) is 6.04 Å². The molecule has 1 N–H and O–H groups in total. The highest BCUT2D eigenvalue weighted by Crippen LogP contribution is 2.26. The third kappa shape index (κ3) is 3.73. The lowest BCUT2D eigenvalue weighted by Crippen LogP contribution is -2.34. The molecule has 4 aromatic rings. The van der Waals surface area contributed by atoms with E-state index >= 15 is 0 Å². The van der Waals surface area contributed by atoms with Crippen LogP contribution in [0.15, 0.2) is 83.5 Å². The highest BCUT2D eigenvalue weighted by Gasteiger charge is 2.25. The lowest BCUT2D eigenvalue weighted by molar-refractivity contribution is -0.143. The van der Waals surface area contributed by atoms with Gasteiger partial charge in [-0.25, -0.2) is 9.78 Å². The summed E-state index contributed by atoms with van der Waals surface area (Å²) in [4.78, 5) is 30.1. The van der Waals surface area contributed by atoms with Gasteiger partial charge in [-0.2, -0.15) is 0 Å². The third-order valence-electron chi connectivity index (χ3n) is 4.58. The lowest BCUT2D eigenvalue weighted by atomic mass is 10.0. The van der Waals surface area contributed by atoms with Crippen molar-refractivity contribution in [3.63, 3.8) is 0 Å². The minimum absolute atomic E-state index is 0.395. The van der Waals surface area contributed by atoms with Crippen molar-refractivity contribution in [2.75, 3.05) is 7.11 Å². The molecule has 0 spiro atoms. The quantitative estimate of drug-likeness (QED) is 0.522. The largest absolute Gasteiger partial charge is 0.467 e. The van der Waals surface area contributed by atoms with Crippen LogP contribution in [0.5, 0.6) is 0 Å². The molecule has 2 aromatic heterocycles. The standard InChI is InChI=1S/C23H18N2O4/c1-28-23(27)21(15-8-3-2-4-9-15)25-22(26)17-14-19(20-12-7-13-29-20)24-18-11-6-5-10-16(17)18/h2-14,21H,1H3,(H,25,26)/t21-/m1/s1. The molecule has 0 aliphatic heterocycles. The molecule has 0 saturated heterocycles. The molecule has 1 atom stereocenters. The predicted molar refractivity (Wildman–Crippen MR) is 108 cm³/mol. The molecular weight excluding hydrogens is 368 g/mol. The van der Waals surface area contributed by atoms with Gasteiger partial charge in [0, 0.05) is 5.39 Å². The van der Waals surface area contributed by atoms with Gasteiger partial charge in [-0.3, -0.25) is 4.79 Å². The van der Waals surface area contributed by atoms with E-state index < -0.39 is 17.9 Å². The number of fused-ring (bicyclic) bond motifs is 1. The highest BCUT2D eigenvalue weighted by molar-refractivity contribution is 6.08. The van der Waals surface area contributed by atoms with E-state index in [2.05, 4.69) is 10.3 Å². The maximum absolute atomic E-state index is 13.2. The number of aromatic nitrogens is 1. The summed E-state index contributed by atoms with van der Waals surface area (Å²) in [6, 6.07) is 20.6. The fraction of sp³-hybridized carbons (Fsp3) is 0.0870. The lowest BCUT2D eigenvalue weighted by Gasteiger charge is -2.18. The van der Waals surface area contributed by atoms with Gasteiger partial charge in [-0.15, -0.1) is 0 Å². The van der Waals surface area contributed by atoms with Crippen LogP contribution in [0.2, 0.25) is 0 Å².